The van der Waals surface area contributed by atoms with Crippen LogP contribution >= 0.6 is 0 Å². The van der Waals surface area contributed by atoms with Crippen LogP contribution in [0.1, 0.15) is 25.7 Å². The SMILES string of the molecule is CN1CCCC(CCC(N)C(N)=O)C1. The van der Waals surface area contributed by atoms with Gasteiger partial charge in [0, 0.05) is 6.54 Å². The van der Waals surface area contributed by atoms with Gasteiger partial charge in [-0.2, -0.15) is 0 Å². The van der Waals surface area contributed by atoms with Gasteiger partial charge in [-0.1, -0.05) is 0 Å². The number of nitrogens with zero attached hydrogens (tertiary/aromatic N) is 1. The Morgan fingerprint density at radius 3 is 2.93 bits per heavy atom. The molecule has 0 aromatic carbocycles. The molecule has 0 aromatic heterocycles. The predicted octanol–water partition coefficient (Wildman–Crippen LogP) is -0.0790. The fourth-order valence-electron chi connectivity index (χ4n) is 2.07. The minimum absolute atomic E-state index is 0.380. The van der Waals surface area contributed by atoms with E-state index in [0.29, 0.717) is 5.92 Å². The maximum atomic E-state index is 10.7. The number of hydrogen-bond acceptors (Lipinski definition) is 3. The molecule has 1 aliphatic rings. The molecule has 1 aliphatic heterocycles. The van der Waals surface area contributed by atoms with E-state index in [-0.39, 0.29) is 5.91 Å². The first-order chi connectivity index (χ1) is 6.59. The third kappa shape index (κ3) is 3.64. The summed E-state index contributed by atoms with van der Waals surface area (Å²) in [6.45, 7) is 2.32. The second-order valence-corrected chi connectivity index (χ2v) is 4.36. The average Bonchev–Trinajstić information content (AvgIpc) is 2.14. The van der Waals surface area contributed by atoms with Crippen molar-refractivity contribution in [3.05, 3.63) is 0 Å². The number of amides is 1. The fraction of sp³-hybridized carbons (Fsp3) is 0.900. The molecule has 4 N–H and O–H groups in total. The minimum Gasteiger partial charge on any atom is -0.368 e. The summed E-state index contributed by atoms with van der Waals surface area (Å²) in [4.78, 5) is 13.1. The van der Waals surface area contributed by atoms with Crippen LogP contribution in [0.3, 0.4) is 0 Å². The zero-order valence-corrected chi connectivity index (χ0v) is 8.91. The topological polar surface area (TPSA) is 72.3 Å². The van der Waals surface area contributed by atoms with Gasteiger partial charge in [-0.3, -0.25) is 4.79 Å². The molecule has 0 aromatic rings. The van der Waals surface area contributed by atoms with Crippen molar-refractivity contribution < 1.29 is 4.79 Å². The normalized spacial score (nSPS) is 26.0. The van der Waals surface area contributed by atoms with Gasteiger partial charge in [0.25, 0.3) is 0 Å². The number of nitrogens with two attached hydrogens (primary N) is 2. The quantitative estimate of drug-likeness (QED) is 0.665. The van der Waals surface area contributed by atoms with E-state index in [9.17, 15) is 4.79 Å². The lowest BCUT2D eigenvalue weighted by Gasteiger charge is -2.29. The van der Waals surface area contributed by atoms with Crippen LogP contribution in [-0.4, -0.2) is 37.0 Å². The van der Waals surface area contributed by atoms with E-state index in [4.69, 9.17) is 11.5 Å². The Morgan fingerprint density at radius 1 is 1.64 bits per heavy atom. The molecule has 1 saturated heterocycles. The van der Waals surface area contributed by atoms with E-state index in [2.05, 4.69) is 11.9 Å². The van der Waals surface area contributed by atoms with Crippen LogP contribution in [0.5, 0.6) is 0 Å². The maximum Gasteiger partial charge on any atom is 0.234 e. The average molecular weight is 199 g/mol. The summed E-state index contributed by atoms with van der Waals surface area (Å²) >= 11 is 0. The monoisotopic (exact) mass is 199 g/mol. The van der Waals surface area contributed by atoms with Gasteiger partial charge < -0.3 is 16.4 Å². The van der Waals surface area contributed by atoms with Crippen LogP contribution in [0.2, 0.25) is 0 Å². The molecule has 2 unspecified atom stereocenters. The van der Waals surface area contributed by atoms with E-state index < -0.39 is 6.04 Å². The van der Waals surface area contributed by atoms with Gasteiger partial charge in [0.15, 0.2) is 0 Å². The number of rotatable bonds is 4. The zero-order valence-electron chi connectivity index (χ0n) is 8.91. The lowest BCUT2D eigenvalue weighted by molar-refractivity contribution is -0.119. The summed E-state index contributed by atoms with van der Waals surface area (Å²) in [6.07, 6.45) is 4.27. The van der Waals surface area contributed by atoms with Crippen molar-refractivity contribution in [1.29, 1.82) is 0 Å². The summed E-state index contributed by atoms with van der Waals surface area (Å²) < 4.78 is 0. The number of primary amides is 1. The Balaban J connectivity index is 2.20. The molecule has 1 rings (SSSR count). The third-order valence-corrected chi connectivity index (χ3v) is 2.97. The summed E-state index contributed by atoms with van der Waals surface area (Å²) in [5, 5.41) is 0. The molecular weight excluding hydrogens is 178 g/mol. The van der Waals surface area contributed by atoms with Crippen LogP contribution in [0, 0.1) is 5.92 Å². The van der Waals surface area contributed by atoms with Gasteiger partial charge in [-0.05, 0) is 45.2 Å². The van der Waals surface area contributed by atoms with E-state index in [1.807, 2.05) is 0 Å². The standard InChI is InChI=1S/C10H21N3O/c1-13-6-2-3-8(7-13)4-5-9(11)10(12)14/h8-9H,2-7,11H2,1H3,(H2,12,14). The van der Waals surface area contributed by atoms with Crippen LogP contribution < -0.4 is 11.5 Å². The molecule has 0 radical (unpaired) electrons. The molecular formula is C10H21N3O. The van der Waals surface area contributed by atoms with Gasteiger partial charge in [0.05, 0.1) is 6.04 Å². The summed E-state index contributed by atoms with van der Waals surface area (Å²) in [7, 11) is 2.14. The Kier molecular flexibility index (Phi) is 4.35. The molecule has 4 heteroatoms. The third-order valence-electron chi connectivity index (χ3n) is 2.97. The smallest absolute Gasteiger partial charge is 0.234 e. The highest BCUT2D eigenvalue weighted by Gasteiger charge is 2.19. The zero-order chi connectivity index (χ0) is 10.6. The van der Waals surface area contributed by atoms with Crippen LogP contribution in [0.25, 0.3) is 0 Å². The lowest BCUT2D eigenvalue weighted by atomic mass is 9.92. The Morgan fingerprint density at radius 2 is 2.36 bits per heavy atom. The number of carbonyl (C=O) groups excluding carboxylic acids is 1. The van der Waals surface area contributed by atoms with Gasteiger partial charge in [-0.15, -0.1) is 0 Å². The van der Waals surface area contributed by atoms with Crippen LogP contribution in [-0.2, 0) is 4.79 Å². The summed E-state index contributed by atoms with van der Waals surface area (Å²) in [6, 6.07) is -0.456. The van der Waals surface area contributed by atoms with E-state index >= 15 is 0 Å². The maximum absolute atomic E-state index is 10.7. The highest BCUT2D eigenvalue weighted by molar-refractivity contribution is 5.79. The number of piperidine rings is 1. The second-order valence-electron chi connectivity index (χ2n) is 4.36. The van der Waals surface area contributed by atoms with Crippen molar-refractivity contribution in [2.75, 3.05) is 20.1 Å². The van der Waals surface area contributed by atoms with Crippen molar-refractivity contribution in [1.82, 2.24) is 4.90 Å². The number of carbonyl (C=O) groups is 1. The summed E-state index contributed by atoms with van der Waals surface area (Å²) in [5.74, 6) is 0.313. The molecule has 1 fully saturated rings. The molecule has 0 saturated carbocycles. The largest absolute Gasteiger partial charge is 0.368 e. The molecule has 14 heavy (non-hydrogen) atoms. The van der Waals surface area contributed by atoms with Crippen molar-refractivity contribution in [2.45, 2.75) is 31.7 Å². The number of hydrogen-bond donors (Lipinski definition) is 2. The van der Waals surface area contributed by atoms with E-state index in [1.54, 1.807) is 0 Å². The Labute approximate surface area is 85.6 Å². The number of likely N-dealkylation sites (tertiary alicyclic amines) is 1. The highest BCUT2D eigenvalue weighted by Crippen LogP contribution is 2.20. The first-order valence-corrected chi connectivity index (χ1v) is 5.33. The van der Waals surface area contributed by atoms with Gasteiger partial charge >= 0.3 is 0 Å². The van der Waals surface area contributed by atoms with Gasteiger partial charge in [0.2, 0.25) is 5.91 Å². The van der Waals surface area contributed by atoms with Crippen molar-refractivity contribution in [2.24, 2.45) is 17.4 Å². The molecule has 1 amide bonds. The van der Waals surface area contributed by atoms with Gasteiger partial charge in [0.1, 0.15) is 0 Å². The minimum atomic E-state index is -0.456. The van der Waals surface area contributed by atoms with Crippen LogP contribution in [0.15, 0.2) is 0 Å². The first kappa shape index (κ1) is 11.5. The molecule has 0 aliphatic carbocycles. The van der Waals surface area contributed by atoms with Crippen molar-refractivity contribution in [3.63, 3.8) is 0 Å². The molecule has 4 nitrogen and oxygen atoms in total. The van der Waals surface area contributed by atoms with Crippen LogP contribution in [0.4, 0.5) is 0 Å². The predicted molar refractivity (Wildman–Crippen MR) is 56.6 cm³/mol. The second kappa shape index (κ2) is 5.32. The lowest BCUT2D eigenvalue weighted by Crippen LogP contribution is -2.38. The Bertz CT molecular complexity index is 196. The molecule has 2 atom stereocenters. The molecule has 82 valence electrons. The highest BCUT2D eigenvalue weighted by atomic mass is 16.1. The first-order valence-electron chi connectivity index (χ1n) is 5.33. The summed E-state index contributed by atoms with van der Waals surface area (Å²) in [5.41, 5.74) is 10.7. The molecule has 1 heterocycles. The van der Waals surface area contributed by atoms with Crippen molar-refractivity contribution in [3.8, 4) is 0 Å². The Hall–Kier alpha value is -0.610. The fourth-order valence-corrected chi connectivity index (χ4v) is 2.07. The molecule has 0 spiro atoms. The molecule has 0 bridgehead atoms. The van der Waals surface area contributed by atoms with E-state index in [1.165, 1.54) is 19.4 Å². The van der Waals surface area contributed by atoms with Gasteiger partial charge in [-0.25, -0.2) is 0 Å². The van der Waals surface area contributed by atoms with Crippen molar-refractivity contribution >= 4 is 5.91 Å². The van der Waals surface area contributed by atoms with E-state index in [0.717, 1.165) is 19.4 Å².